The summed E-state index contributed by atoms with van der Waals surface area (Å²) in [4.78, 5) is 24.7. The first-order valence-corrected chi connectivity index (χ1v) is 9.20. The molecule has 0 saturated heterocycles. The number of benzene rings is 2. The number of carbonyl (C=O) groups excluding carboxylic acids is 2. The van der Waals surface area contributed by atoms with Gasteiger partial charge in [0.05, 0.1) is 17.7 Å². The van der Waals surface area contributed by atoms with E-state index >= 15 is 0 Å². The lowest BCUT2D eigenvalue weighted by Crippen LogP contribution is -2.30. The fourth-order valence-corrected chi connectivity index (χ4v) is 3.00. The third-order valence-electron chi connectivity index (χ3n) is 3.56. The summed E-state index contributed by atoms with van der Waals surface area (Å²) in [6.07, 6.45) is -5.90. The van der Waals surface area contributed by atoms with E-state index in [-0.39, 0.29) is 12.2 Å². The Kier molecular flexibility index (Phi) is 7.45. The standard InChI is InChI=1S/C19H17F4NO3S/c1-12(18(26)24-16-5-3-2-4-15(16)19(21,22)23)27-17(25)10-11-28-14-8-6-13(20)7-9-14/h2-9,12H,10-11H2,1H3,(H,24,26)/t12-/m1/s1. The number of anilines is 1. The Labute approximate surface area is 163 Å². The first-order valence-electron chi connectivity index (χ1n) is 8.22. The SMILES string of the molecule is C[C@@H](OC(=O)CCSc1ccc(F)cc1)C(=O)Nc1ccccc1C(F)(F)F. The highest BCUT2D eigenvalue weighted by molar-refractivity contribution is 7.99. The maximum absolute atomic E-state index is 13.0. The molecule has 2 aromatic rings. The lowest BCUT2D eigenvalue weighted by molar-refractivity contribution is -0.152. The fraction of sp³-hybridized carbons (Fsp3) is 0.263. The number of amides is 1. The molecule has 0 aliphatic heterocycles. The molecule has 2 rings (SSSR count). The van der Waals surface area contributed by atoms with Crippen LogP contribution in [0.25, 0.3) is 0 Å². The van der Waals surface area contributed by atoms with Crippen LogP contribution in [0.3, 0.4) is 0 Å². The number of alkyl halides is 3. The summed E-state index contributed by atoms with van der Waals surface area (Å²) in [6.45, 7) is 1.27. The van der Waals surface area contributed by atoms with Crippen LogP contribution in [0, 0.1) is 5.82 Å². The normalized spacial score (nSPS) is 12.3. The van der Waals surface area contributed by atoms with Crippen molar-refractivity contribution >= 4 is 29.3 Å². The van der Waals surface area contributed by atoms with Gasteiger partial charge in [-0.25, -0.2) is 4.39 Å². The Morgan fingerprint density at radius 3 is 2.39 bits per heavy atom. The van der Waals surface area contributed by atoms with Gasteiger partial charge < -0.3 is 10.1 Å². The summed E-state index contributed by atoms with van der Waals surface area (Å²) in [5.74, 6) is -1.55. The van der Waals surface area contributed by atoms with Gasteiger partial charge in [0.2, 0.25) is 0 Å². The third-order valence-corrected chi connectivity index (χ3v) is 4.57. The zero-order chi connectivity index (χ0) is 20.7. The molecule has 1 atom stereocenters. The zero-order valence-corrected chi connectivity index (χ0v) is 15.6. The van der Waals surface area contributed by atoms with Crippen LogP contribution in [0.1, 0.15) is 18.9 Å². The van der Waals surface area contributed by atoms with Gasteiger partial charge in [0.15, 0.2) is 6.10 Å². The average Bonchev–Trinajstić information content (AvgIpc) is 2.63. The minimum atomic E-state index is -4.62. The maximum Gasteiger partial charge on any atom is 0.418 e. The summed E-state index contributed by atoms with van der Waals surface area (Å²) in [5.41, 5.74) is -1.40. The zero-order valence-electron chi connectivity index (χ0n) is 14.8. The van der Waals surface area contributed by atoms with Crippen LogP contribution in [0.4, 0.5) is 23.2 Å². The van der Waals surface area contributed by atoms with Crippen LogP contribution < -0.4 is 5.32 Å². The van der Waals surface area contributed by atoms with E-state index in [0.717, 1.165) is 17.0 Å². The maximum atomic E-state index is 13.0. The van der Waals surface area contributed by atoms with Crippen LogP contribution in [-0.2, 0) is 20.5 Å². The number of halogens is 4. The quantitative estimate of drug-likeness (QED) is 0.397. The lowest BCUT2D eigenvalue weighted by atomic mass is 10.1. The van der Waals surface area contributed by atoms with E-state index in [1.54, 1.807) is 12.1 Å². The molecule has 0 heterocycles. The number of thioether (sulfide) groups is 1. The molecular formula is C19H17F4NO3S. The summed E-state index contributed by atoms with van der Waals surface area (Å²) < 4.78 is 56.6. The van der Waals surface area contributed by atoms with Crippen molar-refractivity contribution in [3.05, 3.63) is 59.9 Å². The second-order valence-electron chi connectivity index (χ2n) is 5.72. The number of ether oxygens (including phenoxy) is 1. The number of carbonyl (C=O) groups is 2. The van der Waals surface area contributed by atoms with Crippen molar-refractivity contribution in [1.82, 2.24) is 0 Å². The highest BCUT2D eigenvalue weighted by Crippen LogP contribution is 2.34. The Morgan fingerprint density at radius 1 is 1.11 bits per heavy atom. The molecular weight excluding hydrogens is 398 g/mol. The largest absolute Gasteiger partial charge is 0.453 e. The second-order valence-corrected chi connectivity index (χ2v) is 6.89. The van der Waals surface area contributed by atoms with Gasteiger partial charge in [0.1, 0.15) is 5.82 Å². The predicted octanol–water partition coefficient (Wildman–Crippen LogP) is 4.90. The molecule has 150 valence electrons. The van der Waals surface area contributed by atoms with Gasteiger partial charge in [-0.3, -0.25) is 9.59 Å². The fourth-order valence-electron chi connectivity index (χ4n) is 2.17. The molecule has 4 nitrogen and oxygen atoms in total. The van der Waals surface area contributed by atoms with Crippen molar-refractivity contribution in [3.63, 3.8) is 0 Å². The van der Waals surface area contributed by atoms with Crippen LogP contribution in [-0.4, -0.2) is 23.7 Å². The molecule has 0 fully saturated rings. The number of nitrogens with one attached hydrogen (secondary N) is 1. The third kappa shape index (κ3) is 6.56. The molecule has 1 N–H and O–H groups in total. The summed E-state index contributed by atoms with van der Waals surface area (Å²) in [5, 5.41) is 2.13. The minimum absolute atomic E-state index is 0.0151. The molecule has 0 aliphatic rings. The topological polar surface area (TPSA) is 55.4 Å². The smallest absolute Gasteiger partial charge is 0.418 e. The van der Waals surface area contributed by atoms with Gasteiger partial charge >= 0.3 is 12.1 Å². The van der Waals surface area contributed by atoms with E-state index in [1.165, 1.54) is 43.0 Å². The van der Waals surface area contributed by atoms with Crippen LogP contribution in [0.2, 0.25) is 0 Å². The van der Waals surface area contributed by atoms with E-state index in [2.05, 4.69) is 5.32 Å². The Bertz CT molecular complexity index is 825. The van der Waals surface area contributed by atoms with Gasteiger partial charge in [0.25, 0.3) is 5.91 Å². The van der Waals surface area contributed by atoms with Crippen molar-refractivity contribution in [2.45, 2.75) is 30.5 Å². The van der Waals surface area contributed by atoms with Crippen molar-refractivity contribution in [2.75, 3.05) is 11.1 Å². The Hall–Kier alpha value is -2.55. The van der Waals surface area contributed by atoms with Gasteiger partial charge in [-0.15, -0.1) is 11.8 Å². The summed E-state index contributed by atoms with van der Waals surface area (Å²) in [7, 11) is 0. The molecule has 0 spiro atoms. The Balaban J connectivity index is 1.83. The van der Waals surface area contributed by atoms with Gasteiger partial charge in [-0.2, -0.15) is 13.2 Å². The van der Waals surface area contributed by atoms with Gasteiger partial charge in [0, 0.05) is 10.6 Å². The number of hydrogen-bond donors (Lipinski definition) is 1. The van der Waals surface area contributed by atoms with E-state index in [9.17, 15) is 27.2 Å². The van der Waals surface area contributed by atoms with Gasteiger partial charge in [-0.05, 0) is 43.3 Å². The number of hydrogen-bond acceptors (Lipinski definition) is 4. The van der Waals surface area contributed by atoms with E-state index in [0.29, 0.717) is 5.75 Å². The van der Waals surface area contributed by atoms with E-state index in [1.807, 2.05) is 0 Å². The number of rotatable bonds is 7. The molecule has 0 saturated carbocycles. The molecule has 0 bridgehead atoms. The number of para-hydroxylation sites is 1. The number of esters is 1. The first kappa shape index (κ1) is 21.7. The molecule has 0 radical (unpaired) electrons. The summed E-state index contributed by atoms with van der Waals surface area (Å²) >= 11 is 1.31. The molecule has 9 heteroatoms. The van der Waals surface area contributed by atoms with Crippen molar-refractivity contribution < 1.29 is 31.9 Å². The summed E-state index contributed by atoms with van der Waals surface area (Å²) in [6, 6.07) is 10.3. The molecule has 0 aliphatic carbocycles. The second kappa shape index (κ2) is 9.59. The lowest BCUT2D eigenvalue weighted by Gasteiger charge is -2.16. The first-order chi connectivity index (χ1) is 13.2. The van der Waals surface area contributed by atoms with E-state index in [4.69, 9.17) is 4.74 Å². The molecule has 28 heavy (non-hydrogen) atoms. The van der Waals surface area contributed by atoms with Crippen LogP contribution in [0.5, 0.6) is 0 Å². The van der Waals surface area contributed by atoms with Crippen molar-refractivity contribution in [1.29, 1.82) is 0 Å². The monoisotopic (exact) mass is 415 g/mol. The molecule has 0 aromatic heterocycles. The van der Waals surface area contributed by atoms with Crippen LogP contribution >= 0.6 is 11.8 Å². The highest BCUT2D eigenvalue weighted by atomic mass is 32.2. The van der Waals surface area contributed by atoms with Crippen LogP contribution in [0.15, 0.2) is 53.4 Å². The molecule has 2 aromatic carbocycles. The van der Waals surface area contributed by atoms with Crippen molar-refractivity contribution in [2.24, 2.45) is 0 Å². The molecule has 1 amide bonds. The Morgan fingerprint density at radius 2 is 1.75 bits per heavy atom. The predicted molar refractivity (Wildman–Crippen MR) is 97.4 cm³/mol. The van der Waals surface area contributed by atoms with Crippen molar-refractivity contribution in [3.8, 4) is 0 Å². The highest BCUT2D eigenvalue weighted by Gasteiger charge is 2.34. The van der Waals surface area contributed by atoms with E-state index < -0.39 is 35.4 Å². The average molecular weight is 415 g/mol. The van der Waals surface area contributed by atoms with Gasteiger partial charge in [-0.1, -0.05) is 12.1 Å². The minimum Gasteiger partial charge on any atom is -0.453 e. The molecule has 0 unspecified atom stereocenters.